The van der Waals surface area contributed by atoms with Crippen molar-refractivity contribution in [1.29, 1.82) is 0 Å². The normalized spacial score (nSPS) is 13.1. The van der Waals surface area contributed by atoms with Gasteiger partial charge in [0.15, 0.2) is 16.7 Å². The standard InChI is InChI=1S/C20H18ClN3O3S/c1-28-20-22-12-16(24(20)13-6-3-2-4-7-13)19(25)23-15-11-18-17(10-14(15)21)26-8-5-9-27-18/h2-4,6-7,10-12H,5,8-9H2,1H3,(H,23,25). The molecule has 1 N–H and O–H groups in total. The average Bonchev–Trinajstić information content (AvgIpc) is 3.03. The molecule has 1 amide bonds. The highest BCUT2D eigenvalue weighted by molar-refractivity contribution is 7.98. The number of carbonyl (C=O) groups excluding carboxylic acids is 1. The zero-order chi connectivity index (χ0) is 19.5. The maximum absolute atomic E-state index is 13.0. The van der Waals surface area contributed by atoms with Gasteiger partial charge < -0.3 is 14.8 Å². The SMILES string of the molecule is CSc1ncc(C(=O)Nc2cc3c(cc2Cl)OCCCO3)n1-c1ccccc1. The molecular weight excluding hydrogens is 398 g/mol. The molecule has 4 rings (SSSR count). The van der Waals surface area contributed by atoms with Gasteiger partial charge in [-0.3, -0.25) is 9.36 Å². The Morgan fingerprint density at radius 3 is 2.61 bits per heavy atom. The number of para-hydroxylation sites is 1. The molecule has 0 aliphatic carbocycles. The monoisotopic (exact) mass is 415 g/mol. The van der Waals surface area contributed by atoms with Crippen molar-refractivity contribution in [2.75, 3.05) is 24.8 Å². The molecule has 1 aliphatic rings. The van der Waals surface area contributed by atoms with Gasteiger partial charge >= 0.3 is 0 Å². The van der Waals surface area contributed by atoms with E-state index in [1.54, 1.807) is 18.3 Å². The molecule has 3 aromatic rings. The largest absolute Gasteiger partial charge is 0.490 e. The Kier molecular flexibility index (Phi) is 5.45. The fraction of sp³-hybridized carbons (Fsp3) is 0.200. The lowest BCUT2D eigenvalue weighted by atomic mass is 10.2. The molecule has 0 spiro atoms. The maximum atomic E-state index is 13.0. The Hall–Kier alpha value is -2.64. The summed E-state index contributed by atoms with van der Waals surface area (Å²) in [6.07, 6.45) is 4.27. The third-order valence-electron chi connectivity index (χ3n) is 4.24. The number of halogens is 1. The van der Waals surface area contributed by atoms with E-state index in [0.29, 0.717) is 41.1 Å². The number of thioether (sulfide) groups is 1. The van der Waals surface area contributed by atoms with Crippen LogP contribution in [0.5, 0.6) is 11.5 Å². The van der Waals surface area contributed by atoms with Crippen LogP contribution >= 0.6 is 23.4 Å². The topological polar surface area (TPSA) is 65.4 Å². The van der Waals surface area contributed by atoms with Crippen molar-refractivity contribution in [3.8, 4) is 17.2 Å². The van der Waals surface area contributed by atoms with Gasteiger partial charge in [-0.2, -0.15) is 0 Å². The molecule has 0 unspecified atom stereocenters. The van der Waals surface area contributed by atoms with Gasteiger partial charge in [0.25, 0.3) is 5.91 Å². The number of anilines is 1. The zero-order valence-corrected chi connectivity index (χ0v) is 16.7. The second kappa shape index (κ2) is 8.16. The molecule has 2 aromatic carbocycles. The maximum Gasteiger partial charge on any atom is 0.274 e. The van der Waals surface area contributed by atoms with Crippen molar-refractivity contribution >= 4 is 35.0 Å². The number of fused-ring (bicyclic) bond motifs is 1. The number of benzene rings is 2. The molecular formula is C20H18ClN3O3S. The molecule has 8 heteroatoms. The highest BCUT2D eigenvalue weighted by Crippen LogP contribution is 2.38. The fourth-order valence-electron chi connectivity index (χ4n) is 2.93. The number of amides is 1. The highest BCUT2D eigenvalue weighted by atomic mass is 35.5. The van der Waals surface area contributed by atoms with Crippen LogP contribution in [0.1, 0.15) is 16.9 Å². The number of ether oxygens (including phenoxy) is 2. The number of rotatable bonds is 4. The van der Waals surface area contributed by atoms with Gasteiger partial charge in [0, 0.05) is 24.2 Å². The Balaban J connectivity index is 1.67. The summed E-state index contributed by atoms with van der Waals surface area (Å²) in [4.78, 5) is 17.4. The molecule has 0 fully saturated rings. The second-order valence-electron chi connectivity index (χ2n) is 6.08. The summed E-state index contributed by atoms with van der Waals surface area (Å²) >= 11 is 7.83. The van der Waals surface area contributed by atoms with Crippen molar-refractivity contribution in [2.45, 2.75) is 11.6 Å². The van der Waals surface area contributed by atoms with Crippen LogP contribution in [0.25, 0.3) is 5.69 Å². The lowest BCUT2D eigenvalue weighted by Gasteiger charge is -2.14. The van der Waals surface area contributed by atoms with E-state index in [1.165, 1.54) is 11.8 Å². The zero-order valence-electron chi connectivity index (χ0n) is 15.1. The van der Waals surface area contributed by atoms with E-state index in [-0.39, 0.29) is 5.91 Å². The van der Waals surface area contributed by atoms with E-state index in [1.807, 2.05) is 41.2 Å². The van der Waals surface area contributed by atoms with Crippen molar-refractivity contribution in [3.05, 3.63) is 59.4 Å². The Morgan fingerprint density at radius 1 is 1.18 bits per heavy atom. The Labute approximate surface area is 171 Å². The molecule has 2 heterocycles. The van der Waals surface area contributed by atoms with Crippen molar-refractivity contribution in [2.24, 2.45) is 0 Å². The van der Waals surface area contributed by atoms with E-state index in [2.05, 4.69) is 10.3 Å². The minimum atomic E-state index is -0.312. The molecule has 0 saturated carbocycles. The van der Waals surface area contributed by atoms with Crippen molar-refractivity contribution in [1.82, 2.24) is 9.55 Å². The predicted molar refractivity (Wildman–Crippen MR) is 110 cm³/mol. The third kappa shape index (κ3) is 3.68. The van der Waals surface area contributed by atoms with Crippen LogP contribution in [-0.2, 0) is 0 Å². The van der Waals surface area contributed by atoms with E-state index in [0.717, 1.165) is 17.3 Å². The quantitative estimate of drug-likeness (QED) is 0.628. The number of aromatic nitrogens is 2. The lowest BCUT2D eigenvalue weighted by Crippen LogP contribution is -2.17. The van der Waals surface area contributed by atoms with Gasteiger partial charge in [-0.25, -0.2) is 4.98 Å². The number of nitrogens with one attached hydrogen (secondary N) is 1. The molecule has 1 aromatic heterocycles. The first kappa shape index (κ1) is 18.7. The first-order valence-electron chi connectivity index (χ1n) is 8.75. The molecule has 144 valence electrons. The highest BCUT2D eigenvalue weighted by Gasteiger charge is 2.20. The van der Waals surface area contributed by atoms with Crippen LogP contribution in [0.2, 0.25) is 5.02 Å². The molecule has 0 saturated heterocycles. The number of nitrogens with zero attached hydrogens (tertiary/aromatic N) is 2. The van der Waals surface area contributed by atoms with E-state index in [4.69, 9.17) is 21.1 Å². The minimum absolute atomic E-state index is 0.312. The fourth-order valence-corrected chi connectivity index (χ4v) is 3.68. The number of hydrogen-bond acceptors (Lipinski definition) is 5. The molecule has 6 nitrogen and oxygen atoms in total. The van der Waals surface area contributed by atoms with Crippen LogP contribution in [0.4, 0.5) is 5.69 Å². The van der Waals surface area contributed by atoms with Crippen LogP contribution in [0.15, 0.2) is 53.8 Å². The number of imidazole rings is 1. The van der Waals surface area contributed by atoms with Crippen LogP contribution < -0.4 is 14.8 Å². The molecule has 0 atom stereocenters. The Bertz CT molecular complexity index is 1010. The second-order valence-corrected chi connectivity index (χ2v) is 7.27. The van der Waals surface area contributed by atoms with Gasteiger partial charge in [-0.05, 0) is 18.4 Å². The van der Waals surface area contributed by atoms with Gasteiger partial charge in [-0.15, -0.1) is 0 Å². The first-order valence-corrected chi connectivity index (χ1v) is 10.4. The smallest absolute Gasteiger partial charge is 0.274 e. The molecule has 1 aliphatic heterocycles. The van der Waals surface area contributed by atoms with Gasteiger partial charge in [0.05, 0.1) is 30.1 Å². The third-order valence-corrected chi connectivity index (χ3v) is 5.21. The van der Waals surface area contributed by atoms with Crippen LogP contribution in [0.3, 0.4) is 0 Å². The van der Waals surface area contributed by atoms with Crippen LogP contribution in [-0.4, -0.2) is 34.9 Å². The van der Waals surface area contributed by atoms with E-state index < -0.39 is 0 Å². The van der Waals surface area contributed by atoms with Gasteiger partial charge in [-0.1, -0.05) is 41.6 Å². The van der Waals surface area contributed by atoms with Gasteiger partial charge in [0.1, 0.15) is 5.69 Å². The van der Waals surface area contributed by atoms with Gasteiger partial charge in [0.2, 0.25) is 0 Å². The first-order chi connectivity index (χ1) is 13.7. The number of hydrogen-bond donors (Lipinski definition) is 1. The van der Waals surface area contributed by atoms with Crippen LogP contribution in [0, 0.1) is 0 Å². The number of carbonyl (C=O) groups is 1. The summed E-state index contributed by atoms with van der Waals surface area (Å²) in [6.45, 7) is 1.13. The van der Waals surface area contributed by atoms with Crippen molar-refractivity contribution in [3.63, 3.8) is 0 Å². The summed E-state index contributed by atoms with van der Waals surface area (Å²) in [5, 5.41) is 3.97. The summed E-state index contributed by atoms with van der Waals surface area (Å²) in [5.74, 6) is 0.839. The Morgan fingerprint density at radius 2 is 1.89 bits per heavy atom. The predicted octanol–water partition coefficient (Wildman–Crippen LogP) is 4.66. The van der Waals surface area contributed by atoms with E-state index in [9.17, 15) is 4.79 Å². The summed E-state index contributed by atoms with van der Waals surface area (Å²) in [7, 11) is 0. The van der Waals surface area contributed by atoms with E-state index >= 15 is 0 Å². The molecule has 0 radical (unpaired) electrons. The summed E-state index contributed by atoms with van der Waals surface area (Å²) in [6, 6.07) is 13.0. The lowest BCUT2D eigenvalue weighted by molar-refractivity contribution is 0.102. The molecule has 28 heavy (non-hydrogen) atoms. The average molecular weight is 416 g/mol. The van der Waals surface area contributed by atoms with Crippen molar-refractivity contribution < 1.29 is 14.3 Å². The summed E-state index contributed by atoms with van der Waals surface area (Å²) < 4.78 is 13.1. The molecule has 0 bridgehead atoms. The minimum Gasteiger partial charge on any atom is -0.490 e. The summed E-state index contributed by atoms with van der Waals surface area (Å²) in [5.41, 5.74) is 1.74.